The number of benzene rings is 2. The van der Waals surface area contributed by atoms with Gasteiger partial charge in [0.15, 0.2) is 0 Å². The number of nitrogens with one attached hydrogen (secondary N) is 2. The maximum atomic E-state index is 12.6. The normalized spacial score (nSPS) is 14.9. The largest absolute Gasteiger partial charge is 0.352 e. The van der Waals surface area contributed by atoms with Crippen LogP contribution in [0.15, 0.2) is 54.6 Å². The van der Waals surface area contributed by atoms with Gasteiger partial charge in [-0.3, -0.25) is 9.59 Å². The molecule has 29 heavy (non-hydrogen) atoms. The smallest absolute Gasteiger partial charge is 0.243 e. The van der Waals surface area contributed by atoms with E-state index in [2.05, 4.69) is 55.7 Å². The van der Waals surface area contributed by atoms with E-state index >= 15 is 0 Å². The first-order chi connectivity index (χ1) is 13.8. The Balaban J connectivity index is 1.56. The van der Waals surface area contributed by atoms with Gasteiger partial charge in [0.25, 0.3) is 0 Å². The number of carbonyl (C=O) groups excluding carboxylic acids is 2. The molecule has 154 valence electrons. The highest BCUT2D eigenvalue weighted by molar-refractivity contribution is 5.88. The highest BCUT2D eigenvalue weighted by Crippen LogP contribution is 2.22. The van der Waals surface area contributed by atoms with Crippen LogP contribution in [0.5, 0.6) is 0 Å². The first-order valence-corrected chi connectivity index (χ1v) is 10.5. The fraction of sp³-hybridized carbons (Fsp3) is 0.440. The Morgan fingerprint density at radius 1 is 0.966 bits per heavy atom. The molecule has 3 rings (SSSR count). The molecule has 4 nitrogen and oxygen atoms in total. The average molecular weight is 393 g/mol. The van der Waals surface area contributed by atoms with Crippen molar-refractivity contribution in [3.63, 3.8) is 0 Å². The summed E-state index contributed by atoms with van der Waals surface area (Å²) >= 11 is 0. The van der Waals surface area contributed by atoms with Crippen molar-refractivity contribution in [2.75, 3.05) is 0 Å². The van der Waals surface area contributed by atoms with Crippen molar-refractivity contribution in [2.45, 2.75) is 70.4 Å². The lowest BCUT2D eigenvalue weighted by molar-refractivity contribution is -0.129. The van der Waals surface area contributed by atoms with Crippen LogP contribution in [0.25, 0.3) is 0 Å². The minimum Gasteiger partial charge on any atom is -0.352 e. The molecule has 0 heterocycles. The van der Waals surface area contributed by atoms with Crippen LogP contribution in [0.2, 0.25) is 0 Å². The van der Waals surface area contributed by atoms with Gasteiger partial charge in [0.1, 0.15) is 6.04 Å². The van der Waals surface area contributed by atoms with Gasteiger partial charge in [0, 0.05) is 18.9 Å². The van der Waals surface area contributed by atoms with Crippen LogP contribution < -0.4 is 10.6 Å². The Bertz CT molecular complexity index is 818. The maximum Gasteiger partial charge on any atom is 0.243 e. The van der Waals surface area contributed by atoms with Crippen molar-refractivity contribution < 1.29 is 9.59 Å². The van der Waals surface area contributed by atoms with Crippen LogP contribution in [0.1, 0.15) is 56.7 Å². The quantitative estimate of drug-likeness (QED) is 0.715. The highest BCUT2D eigenvalue weighted by atomic mass is 16.2. The summed E-state index contributed by atoms with van der Waals surface area (Å²) < 4.78 is 0. The molecule has 0 bridgehead atoms. The average Bonchev–Trinajstić information content (AvgIpc) is 3.50. The number of aryl methyl sites for hydroxylation is 1. The molecule has 0 aliphatic heterocycles. The second-order valence-electron chi connectivity index (χ2n) is 9.04. The summed E-state index contributed by atoms with van der Waals surface area (Å²) in [4.78, 5) is 25.2. The van der Waals surface area contributed by atoms with E-state index in [1.165, 1.54) is 5.56 Å². The molecule has 2 N–H and O–H groups in total. The summed E-state index contributed by atoms with van der Waals surface area (Å²) in [5, 5.41) is 5.97. The van der Waals surface area contributed by atoms with E-state index in [1.54, 1.807) is 0 Å². The Hall–Kier alpha value is -2.62. The Labute approximate surface area is 174 Å². The summed E-state index contributed by atoms with van der Waals surface area (Å²) in [6, 6.07) is 18.0. The van der Waals surface area contributed by atoms with Gasteiger partial charge < -0.3 is 10.6 Å². The predicted octanol–water partition coefficient (Wildman–Crippen LogP) is 3.92. The molecule has 2 aromatic rings. The van der Waals surface area contributed by atoms with E-state index in [9.17, 15) is 9.59 Å². The Morgan fingerprint density at radius 2 is 1.62 bits per heavy atom. The molecule has 1 aliphatic rings. The molecule has 0 spiro atoms. The summed E-state index contributed by atoms with van der Waals surface area (Å²) in [5.41, 5.74) is 3.58. The van der Waals surface area contributed by atoms with Crippen LogP contribution in [0.3, 0.4) is 0 Å². The number of rotatable bonds is 8. The van der Waals surface area contributed by atoms with Crippen molar-refractivity contribution in [2.24, 2.45) is 0 Å². The van der Waals surface area contributed by atoms with E-state index in [1.807, 2.05) is 30.3 Å². The van der Waals surface area contributed by atoms with E-state index in [4.69, 9.17) is 0 Å². The zero-order valence-electron chi connectivity index (χ0n) is 17.7. The second kappa shape index (κ2) is 9.25. The van der Waals surface area contributed by atoms with Crippen LogP contribution in [-0.4, -0.2) is 23.9 Å². The molecule has 0 saturated heterocycles. The van der Waals surface area contributed by atoms with Crippen LogP contribution in [0.4, 0.5) is 0 Å². The van der Waals surface area contributed by atoms with Gasteiger partial charge in [-0.25, -0.2) is 0 Å². The summed E-state index contributed by atoms with van der Waals surface area (Å²) in [5.74, 6) is -0.170. The lowest BCUT2D eigenvalue weighted by atomic mass is 9.86. The van der Waals surface area contributed by atoms with Crippen LogP contribution in [0, 0.1) is 0 Å². The van der Waals surface area contributed by atoms with Crippen LogP contribution in [-0.2, 0) is 27.8 Å². The monoisotopic (exact) mass is 392 g/mol. The van der Waals surface area contributed by atoms with Gasteiger partial charge >= 0.3 is 0 Å². The van der Waals surface area contributed by atoms with Crippen molar-refractivity contribution in [3.05, 3.63) is 71.3 Å². The molecule has 2 amide bonds. The molecule has 4 heteroatoms. The topological polar surface area (TPSA) is 58.2 Å². The van der Waals surface area contributed by atoms with E-state index < -0.39 is 6.04 Å². The molecule has 1 aliphatic carbocycles. The first-order valence-electron chi connectivity index (χ1n) is 10.5. The van der Waals surface area contributed by atoms with Gasteiger partial charge in [-0.15, -0.1) is 0 Å². The number of carbonyl (C=O) groups is 2. The predicted molar refractivity (Wildman–Crippen MR) is 117 cm³/mol. The van der Waals surface area contributed by atoms with Crippen molar-refractivity contribution in [3.8, 4) is 0 Å². The number of amides is 2. The van der Waals surface area contributed by atoms with Crippen molar-refractivity contribution >= 4 is 11.8 Å². The van der Waals surface area contributed by atoms with Crippen molar-refractivity contribution in [1.82, 2.24) is 10.6 Å². The Kier molecular flexibility index (Phi) is 6.73. The van der Waals surface area contributed by atoms with E-state index in [-0.39, 0.29) is 23.3 Å². The van der Waals surface area contributed by atoms with E-state index in [0.717, 1.165) is 24.0 Å². The molecular formula is C25H32N2O2. The van der Waals surface area contributed by atoms with Crippen molar-refractivity contribution in [1.29, 1.82) is 0 Å². The minimum absolute atomic E-state index is 0.0840. The molecule has 1 atom stereocenters. The first kappa shape index (κ1) is 21.1. The number of hydrogen-bond acceptors (Lipinski definition) is 2. The van der Waals surface area contributed by atoms with Gasteiger partial charge in [0.05, 0.1) is 0 Å². The minimum atomic E-state index is -0.534. The molecule has 1 fully saturated rings. The zero-order chi connectivity index (χ0) is 20.9. The SMILES string of the molecule is CC(C)(C)c1ccc(CCC(=O)NC(Cc2ccccc2)C(=O)NC2CC2)cc1. The van der Waals surface area contributed by atoms with Gasteiger partial charge in [-0.1, -0.05) is 75.4 Å². The van der Waals surface area contributed by atoms with Gasteiger partial charge in [-0.05, 0) is 41.4 Å². The summed E-state index contributed by atoms with van der Waals surface area (Å²) in [7, 11) is 0. The fourth-order valence-corrected chi connectivity index (χ4v) is 3.28. The number of hydrogen-bond donors (Lipinski definition) is 2. The third kappa shape index (κ3) is 6.74. The lowest BCUT2D eigenvalue weighted by Crippen LogP contribution is -2.48. The summed E-state index contributed by atoms with van der Waals surface area (Å²) in [6.45, 7) is 6.57. The molecule has 1 saturated carbocycles. The zero-order valence-corrected chi connectivity index (χ0v) is 17.7. The lowest BCUT2D eigenvalue weighted by Gasteiger charge is -2.20. The fourth-order valence-electron chi connectivity index (χ4n) is 3.28. The molecule has 2 aromatic carbocycles. The maximum absolute atomic E-state index is 12.6. The third-order valence-electron chi connectivity index (χ3n) is 5.32. The standard InChI is InChI=1S/C25H32N2O2/c1-25(2,3)20-12-9-18(10-13-20)11-16-23(28)27-22(24(29)26-21-14-15-21)17-19-7-5-4-6-8-19/h4-10,12-13,21-22H,11,14-17H2,1-3H3,(H,26,29)(H,27,28). The summed E-state index contributed by atoms with van der Waals surface area (Å²) in [6.07, 6.45) is 3.60. The molecule has 1 unspecified atom stereocenters. The third-order valence-corrected chi connectivity index (χ3v) is 5.32. The molecule has 0 aromatic heterocycles. The highest BCUT2D eigenvalue weighted by Gasteiger charge is 2.28. The molecular weight excluding hydrogens is 360 g/mol. The second-order valence-corrected chi connectivity index (χ2v) is 9.04. The Morgan fingerprint density at radius 3 is 2.21 bits per heavy atom. The van der Waals surface area contributed by atoms with Crippen LogP contribution >= 0.6 is 0 Å². The van der Waals surface area contributed by atoms with E-state index in [0.29, 0.717) is 19.3 Å². The molecule has 0 radical (unpaired) electrons. The van der Waals surface area contributed by atoms with Gasteiger partial charge in [0.2, 0.25) is 11.8 Å². The van der Waals surface area contributed by atoms with Gasteiger partial charge in [-0.2, -0.15) is 0 Å².